The van der Waals surface area contributed by atoms with Crippen LogP contribution < -0.4 is 10.1 Å². The minimum Gasteiger partial charge on any atom is -0.495 e. The molecule has 88 valence electrons. The van der Waals surface area contributed by atoms with Crippen LogP contribution in [0.2, 0.25) is 0 Å². The molecule has 0 fully saturated rings. The fraction of sp³-hybridized carbons (Fsp3) is 0.222. The van der Waals surface area contributed by atoms with Crippen molar-refractivity contribution in [2.24, 2.45) is 0 Å². The number of anilines is 1. The summed E-state index contributed by atoms with van der Waals surface area (Å²) in [6.45, 7) is 0. The molecular formula is C9H7F4NOS. The van der Waals surface area contributed by atoms with E-state index in [0.717, 1.165) is 12.1 Å². The standard InChI is InChI=1S/C9H7F4NOS/c1-15-7-3-2-5(10)4-6(7)14-8(16)9(11,12)13/h2-4H,1H3,(H,14,16). The molecule has 7 heteroatoms. The average Bonchev–Trinajstić information content (AvgIpc) is 2.16. The molecule has 0 saturated heterocycles. The van der Waals surface area contributed by atoms with Crippen LogP contribution in [0, 0.1) is 5.82 Å². The summed E-state index contributed by atoms with van der Waals surface area (Å²) in [5.74, 6) is -0.610. The molecule has 16 heavy (non-hydrogen) atoms. The molecule has 0 aromatic heterocycles. The quantitative estimate of drug-likeness (QED) is 0.646. The Hall–Kier alpha value is -1.37. The fourth-order valence-electron chi connectivity index (χ4n) is 0.971. The van der Waals surface area contributed by atoms with Gasteiger partial charge in [0.15, 0.2) is 4.99 Å². The Bertz CT molecular complexity index is 405. The molecule has 0 saturated carbocycles. The molecule has 1 N–H and O–H groups in total. The van der Waals surface area contributed by atoms with Gasteiger partial charge in [-0.05, 0) is 12.1 Å². The highest BCUT2D eigenvalue weighted by Crippen LogP contribution is 2.27. The number of halogens is 4. The molecule has 0 atom stereocenters. The highest BCUT2D eigenvalue weighted by atomic mass is 32.1. The van der Waals surface area contributed by atoms with Crippen LogP contribution in [0.3, 0.4) is 0 Å². The third-order valence-electron chi connectivity index (χ3n) is 1.67. The van der Waals surface area contributed by atoms with Crippen molar-refractivity contribution in [3.63, 3.8) is 0 Å². The van der Waals surface area contributed by atoms with E-state index in [1.165, 1.54) is 13.2 Å². The average molecular weight is 253 g/mol. The summed E-state index contributed by atoms with van der Waals surface area (Å²) in [7, 11) is 1.26. The molecule has 0 bridgehead atoms. The predicted octanol–water partition coefficient (Wildman–Crippen LogP) is 3.14. The number of thiocarbonyl (C=S) groups is 1. The second-order valence-electron chi connectivity index (χ2n) is 2.80. The van der Waals surface area contributed by atoms with Gasteiger partial charge in [0.1, 0.15) is 11.6 Å². The Labute approximate surface area is 94.2 Å². The molecule has 2 nitrogen and oxygen atoms in total. The number of hydrogen-bond acceptors (Lipinski definition) is 2. The van der Waals surface area contributed by atoms with E-state index in [0.29, 0.717) is 0 Å². The minimum absolute atomic E-state index is 0.0769. The topological polar surface area (TPSA) is 21.3 Å². The second-order valence-corrected chi connectivity index (χ2v) is 3.20. The van der Waals surface area contributed by atoms with Crippen molar-refractivity contribution < 1.29 is 22.3 Å². The summed E-state index contributed by atoms with van der Waals surface area (Å²) >= 11 is 4.11. The Morgan fingerprint density at radius 1 is 1.38 bits per heavy atom. The lowest BCUT2D eigenvalue weighted by Gasteiger charge is -2.13. The summed E-state index contributed by atoms with van der Waals surface area (Å²) in [4.78, 5) is -1.35. The van der Waals surface area contributed by atoms with E-state index in [1.54, 1.807) is 0 Å². The highest BCUT2D eigenvalue weighted by molar-refractivity contribution is 7.80. The number of hydrogen-bond donors (Lipinski definition) is 1. The zero-order valence-electron chi connectivity index (χ0n) is 8.06. The van der Waals surface area contributed by atoms with Crippen molar-refractivity contribution in [2.75, 3.05) is 12.4 Å². The number of methoxy groups -OCH3 is 1. The zero-order chi connectivity index (χ0) is 12.3. The van der Waals surface area contributed by atoms with Crippen LogP contribution >= 0.6 is 12.2 Å². The van der Waals surface area contributed by atoms with Gasteiger partial charge in [-0.15, -0.1) is 0 Å². The Kier molecular flexibility index (Phi) is 3.69. The van der Waals surface area contributed by atoms with Gasteiger partial charge in [-0.2, -0.15) is 13.2 Å². The smallest absolute Gasteiger partial charge is 0.441 e. The lowest BCUT2D eigenvalue weighted by atomic mass is 10.3. The highest BCUT2D eigenvalue weighted by Gasteiger charge is 2.34. The van der Waals surface area contributed by atoms with Crippen molar-refractivity contribution in [2.45, 2.75) is 6.18 Å². The zero-order valence-corrected chi connectivity index (χ0v) is 8.88. The van der Waals surface area contributed by atoms with E-state index in [9.17, 15) is 17.6 Å². The number of ether oxygens (including phenoxy) is 1. The van der Waals surface area contributed by atoms with Gasteiger partial charge in [0.2, 0.25) is 0 Å². The third-order valence-corrected chi connectivity index (χ3v) is 2.00. The van der Waals surface area contributed by atoms with E-state index in [4.69, 9.17) is 4.74 Å². The minimum atomic E-state index is -4.66. The predicted molar refractivity (Wildman–Crippen MR) is 55.2 cm³/mol. The first-order valence-electron chi connectivity index (χ1n) is 4.06. The Morgan fingerprint density at radius 3 is 2.50 bits per heavy atom. The third kappa shape index (κ3) is 3.06. The molecule has 0 aliphatic carbocycles. The van der Waals surface area contributed by atoms with Gasteiger partial charge in [-0.25, -0.2) is 4.39 Å². The summed E-state index contributed by atoms with van der Waals surface area (Å²) < 4.78 is 54.0. The molecule has 1 rings (SSSR count). The van der Waals surface area contributed by atoms with Crippen LogP contribution in [-0.2, 0) is 0 Å². The molecule has 0 spiro atoms. The first kappa shape index (κ1) is 12.7. The maximum atomic E-state index is 12.8. The molecule has 0 unspecified atom stereocenters. The number of nitrogens with one attached hydrogen (secondary N) is 1. The molecule has 0 radical (unpaired) electrons. The van der Waals surface area contributed by atoms with Crippen LogP contribution in [0.25, 0.3) is 0 Å². The Balaban J connectivity index is 2.96. The van der Waals surface area contributed by atoms with E-state index >= 15 is 0 Å². The van der Waals surface area contributed by atoms with Crippen LogP contribution in [0.15, 0.2) is 18.2 Å². The van der Waals surface area contributed by atoms with Gasteiger partial charge in [-0.1, -0.05) is 12.2 Å². The van der Waals surface area contributed by atoms with E-state index in [1.807, 2.05) is 5.32 Å². The normalized spacial score (nSPS) is 11.1. The molecular weight excluding hydrogens is 246 g/mol. The molecule has 0 aliphatic rings. The van der Waals surface area contributed by atoms with Crippen LogP contribution in [0.5, 0.6) is 5.75 Å². The van der Waals surface area contributed by atoms with E-state index in [2.05, 4.69) is 12.2 Å². The van der Waals surface area contributed by atoms with E-state index in [-0.39, 0.29) is 11.4 Å². The van der Waals surface area contributed by atoms with Crippen LogP contribution in [-0.4, -0.2) is 18.3 Å². The lowest BCUT2D eigenvalue weighted by Crippen LogP contribution is -2.28. The van der Waals surface area contributed by atoms with Gasteiger partial charge < -0.3 is 10.1 Å². The number of benzene rings is 1. The van der Waals surface area contributed by atoms with Crippen LogP contribution in [0.4, 0.5) is 23.2 Å². The summed E-state index contributed by atoms with van der Waals surface area (Å²) in [6, 6.07) is 3.15. The fourth-order valence-corrected chi connectivity index (χ4v) is 1.08. The van der Waals surface area contributed by atoms with Gasteiger partial charge in [-0.3, -0.25) is 0 Å². The lowest BCUT2D eigenvalue weighted by molar-refractivity contribution is -0.0562. The van der Waals surface area contributed by atoms with Crippen molar-refractivity contribution >= 4 is 22.9 Å². The monoisotopic (exact) mass is 253 g/mol. The SMILES string of the molecule is COc1ccc(F)cc1NC(=S)C(F)(F)F. The Morgan fingerprint density at radius 2 is 2.00 bits per heavy atom. The molecule has 1 aromatic rings. The largest absolute Gasteiger partial charge is 0.495 e. The molecule has 1 aromatic carbocycles. The number of rotatable bonds is 2. The van der Waals surface area contributed by atoms with Gasteiger partial charge in [0.05, 0.1) is 12.8 Å². The maximum Gasteiger partial charge on any atom is 0.441 e. The molecule has 0 amide bonds. The van der Waals surface area contributed by atoms with E-state index < -0.39 is 17.0 Å². The van der Waals surface area contributed by atoms with Crippen molar-refractivity contribution in [3.05, 3.63) is 24.0 Å². The first-order valence-corrected chi connectivity index (χ1v) is 4.47. The second kappa shape index (κ2) is 4.65. The molecule has 0 heterocycles. The summed E-state index contributed by atoms with van der Waals surface area (Å²) in [6.07, 6.45) is -4.66. The first-order chi connectivity index (χ1) is 7.34. The van der Waals surface area contributed by atoms with Gasteiger partial charge in [0, 0.05) is 6.07 Å². The van der Waals surface area contributed by atoms with Crippen molar-refractivity contribution in [1.82, 2.24) is 0 Å². The van der Waals surface area contributed by atoms with Crippen molar-refractivity contribution in [3.8, 4) is 5.75 Å². The van der Waals surface area contributed by atoms with Crippen LogP contribution in [0.1, 0.15) is 0 Å². The summed E-state index contributed by atoms with van der Waals surface area (Å²) in [5.41, 5.74) is -0.162. The van der Waals surface area contributed by atoms with Gasteiger partial charge in [0.25, 0.3) is 0 Å². The molecule has 0 aliphatic heterocycles. The maximum absolute atomic E-state index is 12.8. The van der Waals surface area contributed by atoms with Gasteiger partial charge >= 0.3 is 6.18 Å². The van der Waals surface area contributed by atoms with Crippen molar-refractivity contribution in [1.29, 1.82) is 0 Å². The number of alkyl halides is 3. The summed E-state index contributed by atoms with van der Waals surface area (Å²) in [5, 5.41) is 1.88.